The van der Waals surface area contributed by atoms with E-state index in [-0.39, 0.29) is 5.69 Å². The summed E-state index contributed by atoms with van der Waals surface area (Å²) in [6, 6.07) is 0. The van der Waals surface area contributed by atoms with Crippen molar-refractivity contribution in [2.24, 2.45) is 0 Å². The zero-order valence-electron chi connectivity index (χ0n) is 9.73. The molecule has 1 aromatic rings. The number of nitrogens with zero attached hydrogens (tertiary/aromatic N) is 3. The van der Waals surface area contributed by atoms with Crippen molar-refractivity contribution in [3.8, 4) is 0 Å². The van der Waals surface area contributed by atoms with Crippen molar-refractivity contribution < 1.29 is 9.90 Å². The minimum absolute atomic E-state index is 0.202. The number of carboxylic acids is 1. The lowest BCUT2D eigenvalue weighted by Crippen LogP contribution is -2.23. The van der Waals surface area contributed by atoms with Crippen LogP contribution in [0.15, 0.2) is 0 Å². The number of fused-ring (bicyclic) bond motifs is 1. The van der Waals surface area contributed by atoms with Crippen molar-refractivity contribution in [2.45, 2.75) is 33.4 Å². The van der Waals surface area contributed by atoms with Gasteiger partial charge in [-0.05, 0) is 19.9 Å². The topological polar surface area (TPSA) is 58.4 Å². The molecule has 2 heterocycles. The van der Waals surface area contributed by atoms with Gasteiger partial charge in [0.25, 0.3) is 0 Å². The first-order valence-electron chi connectivity index (χ1n) is 5.65. The minimum atomic E-state index is -0.930. The molecule has 0 saturated heterocycles. The van der Waals surface area contributed by atoms with Gasteiger partial charge in [-0.1, -0.05) is 6.92 Å². The summed E-state index contributed by atoms with van der Waals surface area (Å²) in [5.41, 5.74) is 2.07. The van der Waals surface area contributed by atoms with Gasteiger partial charge in [0.05, 0.1) is 5.69 Å². The van der Waals surface area contributed by atoms with Gasteiger partial charge >= 0.3 is 5.97 Å². The monoisotopic (exact) mass is 223 g/mol. The van der Waals surface area contributed by atoms with Crippen LogP contribution < -0.4 is 0 Å². The van der Waals surface area contributed by atoms with E-state index in [4.69, 9.17) is 5.11 Å². The van der Waals surface area contributed by atoms with Crippen molar-refractivity contribution in [2.75, 3.05) is 13.1 Å². The van der Waals surface area contributed by atoms with Crippen molar-refractivity contribution >= 4 is 5.97 Å². The smallest absolute Gasteiger partial charge is 0.356 e. The van der Waals surface area contributed by atoms with Gasteiger partial charge in [0.1, 0.15) is 0 Å². The quantitative estimate of drug-likeness (QED) is 0.816. The fourth-order valence-electron chi connectivity index (χ4n) is 2.18. The molecule has 88 valence electrons. The van der Waals surface area contributed by atoms with Gasteiger partial charge in [-0.3, -0.25) is 9.58 Å². The van der Waals surface area contributed by atoms with E-state index in [2.05, 4.69) is 16.9 Å². The molecule has 0 aromatic carbocycles. The number of rotatable bonds is 2. The molecule has 5 nitrogen and oxygen atoms in total. The second-order valence-corrected chi connectivity index (χ2v) is 4.17. The number of hydrogen-bond acceptors (Lipinski definition) is 3. The molecule has 0 fully saturated rings. The average molecular weight is 223 g/mol. The molecule has 0 bridgehead atoms. The third-order valence-electron chi connectivity index (χ3n) is 3.19. The lowest BCUT2D eigenvalue weighted by atomic mass is 10.2. The van der Waals surface area contributed by atoms with Gasteiger partial charge in [0, 0.05) is 25.2 Å². The van der Waals surface area contributed by atoms with Crippen LogP contribution in [-0.4, -0.2) is 38.8 Å². The van der Waals surface area contributed by atoms with Crippen LogP contribution in [0.5, 0.6) is 0 Å². The van der Waals surface area contributed by atoms with E-state index in [1.165, 1.54) is 0 Å². The van der Waals surface area contributed by atoms with E-state index in [1.807, 2.05) is 11.6 Å². The first-order chi connectivity index (χ1) is 7.63. The SMILES string of the molecule is CCN1CCCn2nc(C(=O)O)c(C)c2C1. The Morgan fingerprint density at radius 2 is 2.25 bits per heavy atom. The molecule has 1 aliphatic heterocycles. The van der Waals surface area contributed by atoms with Gasteiger partial charge in [-0.25, -0.2) is 4.79 Å². The van der Waals surface area contributed by atoms with Crippen LogP contribution in [0.25, 0.3) is 0 Å². The van der Waals surface area contributed by atoms with Gasteiger partial charge in [0.15, 0.2) is 5.69 Å². The maximum atomic E-state index is 11.0. The Balaban J connectivity index is 2.38. The molecule has 0 spiro atoms. The summed E-state index contributed by atoms with van der Waals surface area (Å²) in [5.74, 6) is -0.930. The number of hydrogen-bond donors (Lipinski definition) is 1. The third kappa shape index (κ3) is 1.82. The predicted molar refractivity (Wildman–Crippen MR) is 59.5 cm³/mol. The predicted octanol–water partition coefficient (Wildman–Crippen LogP) is 1.12. The Morgan fingerprint density at radius 3 is 2.88 bits per heavy atom. The summed E-state index contributed by atoms with van der Waals surface area (Å²) in [6.45, 7) is 7.65. The zero-order valence-corrected chi connectivity index (χ0v) is 9.73. The van der Waals surface area contributed by atoms with Gasteiger partial charge in [-0.2, -0.15) is 5.10 Å². The van der Waals surface area contributed by atoms with Crippen LogP contribution in [0.1, 0.15) is 35.1 Å². The number of carbonyl (C=O) groups is 1. The summed E-state index contributed by atoms with van der Waals surface area (Å²) in [4.78, 5) is 13.3. The highest BCUT2D eigenvalue weighted by Crippen LogP contribution is 2.19. The molecule has 2 rings (SSSR count). The molecule has 0 amide bonds. The second kappa shape index (κ2) is 4.25. The summed E-state index contributed by atoms with van der Waals surface area (Å²) in [6.07, 6.45) is 1.03. The van der Waals surface area contributed by atoms with E-state index < -0.39 is 5.97 Å². The first kappa shape index (κ1) is 11.1. The Morgan fingerprint density at radius 1 is 1.50 bits per heavy atom. The molecule has 0 radical (unpaired) electrons. The molecule has 1 N–H and O–H groups in total. The number of aromatic carboxylic acids is 1. The fourth-order valence-corrected chi connectivity index (χ4v) is 2.18. The maximum Gasteiger partial charge on any atom is 0.356 e. The Bertz CT molecular complexity index is 412. The Labute approximate surface area is 94.7 Å². The molecular weight excluding hydrogens is 206 g/mol. The molecule has 0 unspecified atom stereocenters. The van der Waals surface area contributed by atoms with Crippen molar-refractivity contribution in [3.05, 3.63) is 17.0 Å². The minimum Gasteiger partial charge on any atom is -0.476 e. The van der Waals surface area contributed by atoms with E-state index in [0.717, 1.165) is 43.9 Å². The maximum absolute atomic E-state index is 11.0. The highest BCUT2D eigenvalue weighted by Gasteiger charge is 2.22. The molecule has 1 aliphatic rings. The first-order valence-corrected chi connectivity index (χ1v) is 5.65. The number of aromatic nitrogens is 2. The van der Waals surface area contributed by atoms with Gasteiger partial charge in [0.2, 0.25) is 0 Å². The van der Waals surface area contributed by atoms with Crippen molar-refractivity contribution in [1.29, 1.82) is 0 Å². The molecule has 1 aromatic heterocycles. The second-order valence-electron chi connectivity index (χ2n) is 4.17. The van der Waals surface area contributed by atoms with E-state index >= 15 is 0 Å². The van der Waals surface area contributed by atoms with Crippen molar-refractivity contribution in [1.82, 2.24) is 14.7 Å². The lowest BCUT2D eigenvalue weighted by Gasteiger charge is -2.16. The number of carboxylic acid groups (broad SMARTS) is 1. The highest BCUT2D eigenvalue weighted by atomic mass is 16.4. The van der Waals surface area contributed by atoms with Crippen LogP contribution in [0.3, 0.4) is 0 Å². The standard InChI is InChI=1S/C11H17N3O2/c1-3-13-5-4-6-14-9(7-13)8(2)10(12-14)11(15)16/h3-7H2,1-2H3,(H,15,16). The molecule has 0 aliphatic carbocycles. The van der Waals surface area contributed by atoms with E-state index in [9.17, 15) is 4.79 Å². The molecule has 0 atom stereocenters. The zero-order chi connectivity index (χ0) is 11.7. The number of aryl methyl sites for hydroxylation is 1. The summed E-state index contributed by atoms with van der Waals surface area (Å²) in [7, 11) is 0. The summed E-state index contributed by atoms with van der Waals surface area (Å²) >= 11 is 0. The fraction of sp³-hybridized carbons (Fsp3) is 0.636. The van der Waals surface area contributed by atoms with Gasteiger partial charge < -0.3 is 5.11 Å². The third-order valence-corrected chi connectivity index (χ3v) is 3.19. The summed E-state index contributed by atoms with van der Waals surface area (Å²) < 4.78 is 1.86. The molecular formula is C11H17N3O2. The Hall–Kier alpha value is -1.36. The van der Waals surface area contributed by atoms with Gasteiger partial charge in [-0.15, -0.1) is 0 Å². The summed E-state index contributed by atoms with van der Waals surface area (Å²) in [5, 5.41) is 13.2. The normalized spacial score (nSPS) is 16.9. The molecule has 5 heteroatoms. The van der Waals surface area contributed by atoms with Crippen LogP contribution in [0.2, 0.25) is 0 Å². The van der Waals surface area contributed by atoms with E-state index in [0.29, 0.717) is 0 Å². The van der Waals surface area contributed by atoms with Crippen LogP contribution >= 0.6 is 0 Å². The van der Waals surface area contributed by atoms with Crippen LogP contribution in [-0.2, 0) is 13.1 Å². The van der Waals surface area contributed by atoms with Crippen molar-refractivity contribution in [3.63, 3.8) is 0 Å². The average Bonchev–Trinajstić information content (AvgIpc) is 2.47. The molecule has 16 heavy (non-hydrogen) atoms. The molecule has 0 saturated carbocycles. The van der Waals surface area contributed by atoms with Crippen LogP contribution in [0.4, 0.5) is 0 Å². The van der Waals surface area contributed by atoms with Crippen LogP contribution in [0, 0.1) is 6.92 Å². The van der Waals surface area contributed by atoms with E-state index in [1.54, 1.807) is 0 Å². The largest absolute Gasteiger partial charge is 0.476 e. The Kier molecular flexibility index (Phi) is 2.96. The lowest BCUT2D eigenvalue weighted by molar-refractivity contribution is 0.0688. The highest BCUT2D eigenvalue weighted by molar-refractivity contribution is 5.87.